The average Bonchev–Trinajstić information content (AvgIpc) is 2.01. The van der Waals surface area contributed by atoms with Crippen LogP contribution in [0.5, 0.6) is 0 Å². The molecule has 0 amide bonds. The molecule has 0 fully saturated rings. The lowest BCUT2D eigenvalue weighted by Gasteiger charge is -1.95. The number of hydrogen-bond acceptors (Lipinski definition) is 2. The lowest BCUT2D eigenvalue weighted by atomic mass is 10.2. The number of carboxylic acids is 1. The van der Waals surface area contributed by atoms with Crippen molar-refractivity contribution in [3.05, 3.63) is 34.1 Å². The predicted molar refractivity (Wildman–Crippen MR) is 60.4 cm³/mol. The molecule has 0 heterocycles. The van der Waals surface area contributed by atoms with E-state index >= 15 is 0 Å². The maximum Gasteiger partial charge on any atom is 0.338 e. The summed E-state index contributed by atoms with van der Waals surface area (Å²) in [5.74, 6) is -1.98. The highest BCUT2D eigenvalue weighted by Crippen LogP contribution is 2.14. The molecule has 0 aliphatic heterocycles. The third kappa shape index (κ3) is 6.19. The Balaban J connectivity index is 0.000000423. The van der Waals surface area contributed by atoms with Crippen molar-refractivity contribution < 1.29 is 14.3 Å². The van der Waals surface area contributed by atoms with Crippen molar-refractivity contribution in [1.82, 2.24) is 0 Å². The fourth-order valence-corrected chi connectivity index (χ4v) is 0.996. The molecule has 0 bridgehead atoms. The normalized spacial score (nSPS) is 9.47. The molecule has 1 rings (SSSR count). The molecule has 1 aromatic carbocycles. The van der Waals surface area contributed by atoms with Gasteiger partial charge < -0.3 is 10.8 Å². The number of halogens is 2. The van der Waals surface area contributed by atoms with Crippen LogP contribution >= 0.6 is 15.9 Å². The van der Waals surface area contributed by atoms with E-state index in [9.17, 15) is 9.18 Å². The van der Waals surface area contributed by atoms with Crippen LogP contribution < -0.4 is 5.73 Å². The quantitative estimate of drug-likeness (QED) is 0.830. The van der Waals surface area contributed by atoms with Crippen LogP contribution in [0.2, 0.25) is 0 Å². The summed E-state index contributed by atoms with van der Waals surface area (Å²) in [5, 5.41) is 8.40. The van der Waals surface area contributed by atoms with Gasteiger partial charge in [0.15, 0.2) is 0 Å². The summed E-state index contributed by atoms with van der Waals surface area (Å²) in [5.41, 5.74) is 4.80. The number of carbonyl (C=O) groups is 1. The van der Waals surface area contributed by atoms with E-state index in [0.29, 0.717) is 10.5 Å². The van der Waals surface area contributed by atoms with Crippen LogP contribution in [0.25, 0.3) is 0 Å². The molecule has 0 aliphatic rings. The van der Waals surface area contributed by atoms with Crippen molar-refractivity contribution >= 4 is 21.9 Å². The smallest absolute Gasteiger partial charge is 0.338 e. The zero-order valence-corrected chi connectivity index (χ0v) is 10.1. The van der Waals surface area contributed by atoms with E-state index in [1.165, 1.54) is 12.1 Å². The third-order valence-corrected chi connectivity index (χ3v) is 1.65. The van der Waals surface area contributed by atoms with E-state index < -0.39 is 11.8 Å². The number of carboxylic acid groups (broad SMARTS) is 1. The van der Waals surface area contributed by atoms with Gasteiger partial charge in [0.1, 0.15) is 5.82 Å². The summed E-state index contributed by atoms with van der Waals surface area (Å²) < 4.78 is 13.2. The second-order valence-electron chi connectivity index (χ2n) is 3.17. The van der Waals surface area contributed by atoms with Gasteiger partial charge in [0.25, 0.3) is 0 Å². The van der Waals surface area contributed by atoms with E-state index in [2.05, 4.69) is 15.9 Å². The molecule has 0 aromatic heterocycles. The van der Waals surface area contributed by atoms with Crippen molar-refractivity contribution in [3.63, 3.8) is 0 Å². The number of hydrogen-bond donors (Lipinski definition) is 2. The van der Waals surface area contributed by atoms with E-state index in [-0.39, 0.29) is 5.56 Å². The Hall–Kier alpha value is -0.940. The molecule has 0 radical (unpaired) electrons. The van der Waals surface area contributed by atoms with Gasteiger partial charge in [-0.1, -0.05) is 29.8 Å². The zero-order valence-electron chi connectivity index (χ0n) is 8.50. The Bertz CT molecular complexity index is 339. The predicted octanol–water partition coefficient (Wildman–Crippen LogP) is 2.64. The van der Waals surface area contributed by atoms with Crippen molar-refractivity contribution in [1.29, 1.82) is 0 Å². The number of aromatic carboxylic acids is 1. The Morgan fingerprint density at radius 3 is 2.33 bits per heavy atom. The maximum absolute atomic E-state index is 12.7. The Labute approximate surface area is 96.2 Å². The summed E-state index contributed by atoms with van der Waals surface area (Å²) in [6, 6.07) is 4.14. The van der Waals surface area contributed by atoms with Crippen molar-refractivity contribution in [2.75, 3.05) is 0 Å². The van der Waals surface area contributed by atoms with Crippen LogP contribution in [-0.2, 0) is 0 Å². The van der Waals surface area contributed by atoms with Gasteiger partial charge in [0.2, 0.25) is 0 Å². The highest BCUT2D eigenvalue weighted by molar-refractivity contribution is 9.10. The van der Waals surface area contributed by atoms with Crippen molar-refractivity contribution in [2.45, 2.75) is 19.9 Å². The largest absolute Gasteiger partial charge is 0.478 e. The van der Waals surface area contributed by atoms with Gasteiger partial charge >= 0.3 is 5.97 Å². The standard InChI is InChI=1S/C7H4BrFO2.C3H9N/c8-4-1-2-5(7(10)11)6(9)3-4;1-3(2)4/h1-3H,(H,10,11);3H,4H2,1-2H3. The molecule has 1 aromatic rings. The summed E-state index contributed by atoms with van der Waals surface area (Å²) in [6.45, 7) is 3.89. The molecule has 84 valence electrons. The summed E-state index contributed by atoms with van der Waals surface area (Å²) in [7, 11) is 0. The molecular weight excluding hydrogens is 265 g/mol. The Kier molecular flexibility index (Phi) is 6.12. The van der Waals surface area contributed by atoms with Gasteiger partial charge in [-0.3, -0.25) is 0 Å². The first-order valence-electron chi connectivity index (χ1n) is 4.28. The molecule has 0 aliphatic carbocycles. The number of rotatable bonds is 1. The first kappa shape index (κ1) is 14.1. The molecule has 0 atom stereocenters. The average molecular weight is 278 g/mol. The second kappa shape index (κ2) is 6.53. The molecule has 0 saturated heterocycles. The summed E-state index contributed by atoms with van der Waals surface area (Å²) in [4.78, 5) is 10.3. The van der Waals surface area contributed by atoms with Gasteiger partial charge in [-0.25, -0.2) is 9.18 Å². The van der Waals surface area contributed by atoms with E-state index in [0.717, 1.165) is 6.07 Å². The van der Waals surface area contributed by atoms with Crippen LogP contribution in [-0.4, -0.2) is 17.1 Å². The summed E-state index contributed by atoms with van der Waals surface area (Å²) >= 11 is 3.01. The lowest BCUT2D eigenvalue weighted by Crippen LogP contribution is -2.06. The van der Waals surface area contributed by atoms with Gasteiger partial charge in [0, 0.05) is 4.47 Å². The van der Waals surface area contributed by atoms with E-state index in [4.69, 9.17) is 10.8 Å². The maximum atomic E-state index is 12.7. The lowest BCUT2D eigenvalue weighted by molar-refractivity contribution is 0.0692. The van der Waals surface area contributed by atoms with Crippen LogP contribution in [0.1, 0.15) is 24.2 Å². The topological polar surface area (TPSA) is 63.3 Å². The highest BCUT2D eigenvalue weighted by Gasteiger charge is 2.08. The monoisotopic (exact) mass is 277 g/mol. The van der Waals surface area contributed by atoms with Crippen molar-refractivity contribution in [3.8, 4) is 0 Å². The van der Waals surface area contributed by atoms with E-state index in [1.807, 2.05) is 13.8 Å². The van der Waals surface area contributed by atoms with Gasteiger partial charge in [-0.2, -0.15) is 0 Å². The molecule has 0 saturated carbocycles. The first-order chi connectivity index (χ1) is 6.84. The van der Waals surface area contributed by atoms with Gasteiger partial charge in [0.05, 0.1) is 5.56 Å². The fourth-order valence-electron chi connectivity index (χ4n) is 0.663. The molecule has 3 N–H and O–H groups in total. The Morgan fingerprint density at radius 1 is 1.53 bits per heavy atom. The molecular formula is C10H13BrFNO2. The molecule has 15 heavy (non-hydrogen) atoms. The number of benzene rings is 1. The molecule has 0 spiro atoms. The second-order valence-corrected chi connectivity index (χ2v) is 4.09. The SMILES string of the molecule is CC(C)N.O=C(O)c1ccc(Br)cc1F. The van der Waals surface area contributed by atoms with E-state index in [1.54, 1.807) is 0 Å². The minimum absolute atomic E-state index is 0.312. The minimum Gasteiger partial charge on any atom is -0.478 e. The third-order valence-electron chi connectivity index (χ3n) is 1.16. The Morgan fingerprint density at radius 2 is 2.00 bits per heavy atom. The van der Waals surface area contributed by atoms with Gasteiger partial charge in [-0.05, 0) is 24.2 Å². The summed E-state index contributed by atoms with van der Waals surface area (Å²) in [6.07, 6.45) is 0. The first-order valence-corrected chi connectivity index (χ1v) is 5.07. The fraction of sp³-hybridized carbons (Fsp3) is 0.300. The molecule has 5 heteroatoms. The van der Waals surface area contributed by atoms with Crippen LogP contribution in [0.15, 0.2) is 22.7 Å². The zero-order chi connectivity index (χ0) is 12.0. The minimum atomic E-state index is -1.25. The molecule has 3 nitrogen and oxygen atoms in total. The van der Waals surface area contributed by atoms with Crippen LogP contribution in [0.3, 0.4) is 0 Å². The van der Waals surface area contributed by atoms with Crippen LogP contribution in [0.4, 0.5) is 4.39 Å². The number of nitrogens with two attached hydrogens (primary N) is 1. The van der Waals surface area contributed by atoms with Crippen LogP contribution in [0, 0.1) is 5.82 Å². The molecule has 0 unspecified atom stereocenters. The highest BCUT2D eigenvalue weighted by atomic mass is 79.9. The van der Waals surface area contributed by atoms with Gasteiger partial charge in [-0.15, -0.1) is 0 Å². The van der Waals surface area contributed by atoms with Crippen molar-refractivity contribution in [2.24, 2.45) is 5.73 Å².